The van der Waals surface area contributed by atoms with E-state index in [4.69, 9.17) is 21.1 Å². The van der Waals surface area contributed by atoms with Crippen LogP contribution in [-0.2, 0) is 19.7 Å². The lowest BCUT2D eigenvalue weighted by atomic mass is 9.76. The van der Waals surface area contributed by atoms with E-state index in [1.54, 1.807) is 52.0 Å². The molecular formula is C19H24ClNO4. The van der Waals surface area contributed by atoms with Crippen molar-refractivity contribution in [3.63, 3.8) is 0 Å². The van der Waals surface area contributed by atoms with E-state index in [0.29, 0.717) is 6.42 Å². The average Bonchev–Trinajstić information content (AvgIpc) is 2.55. The molecular weight excluding hydrogens is 342 g/mol. The third-order valence-corrected chi connectivity index (χ3v) is 3.77. The Bertz CT molecular complexity index is 660. The number of esters is 2. The number of alkyl halides is 1. The Kier molecular flexibility index (Phi) is 7.44. The van der Waals surface area contributed by atoms with Crippen molar-refractivity contribution in [2.45, 2.75) is 51.6 Å². The molecule has 1 unspecified atom stereocenters. The van der Waals surface area contributed by atoms with Crippen LogP contribution in [0.1, 0.15) is 56.5 Å². The number of hydrogen-bond donors (Lipinski definition) is 0. The maximum atomic E-state index is 12.6. The third kappa shape index (κ3) is 5.20. The van der Waals surface area contributed by atoms with Gasteiger partial charge in [0.1, 0.15) is 5.60 Å². The lowest BCUT2D eigenvalue weighted by Gasteiger charge is -2.27. The van der Waals surface area contributed by atoms with Crippen molar-refractivity contribution in [3.8, 4) is 6.07 Å². The number of nitriles is 1. The molecule has 25 heavy (non-hydrogen) atoms. The molecule has 5 nitrogen and oxygen atoms in total. The molecule has 0 heterocycles. The minimum atomic E-state index is -1.60. The predicted octanol–water partition coefficient (Wildman–Crippen LogP) is 3.99. The van der Waals surface area contributed by atoms with Gasteiger partial charge >= 0.3 is 11.9 Å². The van der Waals surface area contributed by atoms with Gasteiger partial charge in [-0.25, -0.2) is 9.59 Å². The lowest BCUT2D eigenvalue weighted by molar-refractivity contribution is -0.148. The first-order valence-corrected chi connectivity index (χ1v) is 8.72. The first-order valence-electron chi connectivity index (χ1n) is 8.19. The van der Waals surface area contributed by atoms with Gasteiger partial charge in [0.2, 0.25) is 0 Å². The van der Waals surface area contributed by atoms with Crippen LogP contribution >= 0.6 is 11.6 Å². The van der Waals surface area contributed by atoms with Crippen LogP contribution in [0.5, 0.6) is 0 Å². The molecule has 0 aliphatic heterocycles. The van der Waals surface area contributed by atoms with E-state index in [2.05, 4.69) is 6.07 Å². The highest BCUT2D eigenvalue weighted by atomic mass is 35.5. The molecule has 0 amide bonds. The molecule has 0 aliphatic rings. The number of rotatable bonds is 7. The van der Waals surface area contributed by atoms with E-state index in [0.717, 1.165) is 0 Å². The summed E-state index contributed by atoms with van der Waals surface area (Å²) in [4.78, 5) is 25.2. The molecule has 0 aliphatic carbocycles. The van der Waals surface area contributed by atoms with Crippen LogP contribution in [0, 0.1) is 11.3 Å². The SMILES string of the molecule is CCOC(=O)C(C#N)(CCCCl)c1ccccc1C(=O)OC(C)(C)C. The van der Waals surface area contributed by atoms with Crippen LogP contribution in [0.15, 0.2) is 24.3 Å². The summed E-state index contributed by atoms with van der Waals surface area (Å²) in [6.07, 6.45) is 0.586. The maximum absolute atomic E-state index is 12.6. The van der Waals surface area contributed by atoms with Gasteiger partial charge in [-0.15, -0.1) is 11.6 Å². The normalized spacial score (nSPS) is 13.4. The van der Waals surface area contributed by atoms with Gasteiger partial charge in [-0.3, -0.25) is 0 Å². The molecule has 0 saturated heterocycles. The molecule has 136 valence electrons. The van der Waals surface area contributed by atoms with E-state index >= 15 is 0 Å². The summed E-state index contributed by atoms with van der Waals surface area (Å²) < 4.78 is 10.6. The van der Waals surface area contributed by atoms with Crippen molar-refractivity contribution in [1.82, 2.24) is 0 Å². The van der Waals surface area contributed by atoms with Crippen molar-refractivity contribution in [3.05, 3.63) is 35.4 Å². The van der Waals surface area contributed by atoms with Crippen LogP contribution in [0.3, 0.4) is 0 Å². The van der Waals surface area contributed by atoms with E-state index in [1.165, 1.54) is 0 Å². The first-order chi connectivity index (χ1) is 11.7. The highest BCUT2D eigenvalue weighted by Gasteiger charge is 2.44. The average molecular weight is 366 g/mol. The molecule has 1 atom stereocenters. The minimum Gasteiger partial charge on any atom is -0.465 e. The molecule has 6 heteroatoms. The Labute approximate surface area is 153 Å². The fourth-order valence-electron chi connectivity index (χ4n) is 2.46. The Morgan fingerprint density at radius 2 is 1.88 bits per heavy atom. The number of carbonyl (C=O) groups excluding carboxylic acids is 2. The zero-order valence-corrected chi connectivity index (χ0v) is 15.9. The highest BCUT2D eigenvalue weighted by Crippen LogP contribution is 2.34. The van der Waals surface area contributed by atoms with Gasteiger partial charge in [-0.05, 0) is 52.2 Å². The maximum Gasteiger partial charge on any atom is 0.338 e. The van der Waals surface area contributed by atoms with Crippen molar-refractivity contribution >= 4 is 23.5 Å². The third-order valence-electron chi connectivity index (χ3n) is 3.51. The second-order valence-electron chi connectivity index (χ2n) is 6.58. The fraction of sp³-hybridized carbons (Fsp3) is 0.526. The number of nitrogens with zero attached hydrogens (tertiary/aromatic N) is 1. The number of benzene rings is 1. The van der Waals surface area contributed by atoms with Crippen LogP contribution in [-0.4, -0.2) is 30.0 Å². The smallest absolute Gasteiger partial charge is 0.338 e. The summed E-state index contributed by atoms with van der Waals surface area (Å²) in [5.74, 6) is -0.978. The van der Waals surface area contributed by atoms with Gasteiger partial charge in [0.15, 0.2) is 5.41 Å². The van der Waals surface area contributed by atoms with Gasteiger partial charge in [-0.2, -0.15) is 5.26 Å². The number of carbonyl (C=O) groups is 2. The zero-order chi connectivity index (χ0) is 19.1. The van der Waals surface area contributed by atoms with E-state index in [1.807, 2.05) is 0 Å². The molecule has 0 spiro atoms. The van der Waals surface area contributed by atoms with Crippen LogP contribution < -0.4 is 0 Å². The van der Waals surface area contributed by atoms with E-state index in [-0.39, 0.29) is 30.0 Å². The van der Waals surface area contributed by atoms with Crippen molar-refractivity contribution in [1.29, 1.82) is 5.26 Å². The van der Waals surface area contributed by atoms with Crippen LogP contribution in [0.4, 0.5) is 0 Å². The monoisotopic (exact) mass is 365 g/mol. The van der Waals surface area contributed by atoms with Crippen molar-refractivity contribution < 1.29 is 19.1 Å². The Hall–Kier alpha value is -2.06. The molecule has 0 N–H and O–H groups in total. The Morgan fingerprint density at radius 1 is 1.24 bits per heavy atom. The minimum absolute atomic E-state index is 0.137. The molecule has 0 bridgehead atoms. The molecule has 0 radical (unpaired) electrons. The molecule has 0 aromatic heterocycles. The number of halogens is 1. The summed E-state index contributed by atoms with van der Waals surface area (Å²) in [6, 6.07) is 8.55. The Balaban J connectivity index is 3.48. The van der Waals surface area contributed by atoms with Gasteiger partial charge in [0, 0.05) is 5.88 Å². The lowest BCUT2D eigenvalue weighted by Crippen LogP contribution is -2.38. The molecule has 1 aromatic carbocycles. The standard InChI is InChI=1S/C19H24ClNO4/c1-5-24-17(23)19(13-21,11-8-12-20)15-10-7-6-9-14(15)16(22)25-18(2,3)4/h6-7,9-10H,5,8,11-12H2,1-4H3. The predicted molar refractivity (Wildman–Crippen MR) is 95.5 cm³/mol. The summed E-state index contributed by atoms with van der Waals surface area (Å²) in [6.45, 7) is 7.07. The van der Waals surface area contributed by atoms with Crippen LogP contribution in [0.2, 0.25) is 0 Å². The molecule has 0 saturated carbocycles. The summed E-state index contributed by atoms with van der Waals surface area (Å²) in [5, 5.41) is 9.85. The second-order valence-corrected chi connectivity index (χ2v) is 6.96. The van der Waals surface area contributed by atoms with Crippen molar-refractivity contribution in [2.75, 3.05) is 12.5 Å². The quantitative estimate of drug-likeness (QED) is 0.539. The molecule has 0 fully saturated rings. The van der Waals surface area contributed by atoms with Crippen LogP contribution in [0.25, 0.3) is 0 Å². The molecule has 1 aromatic rings. The summed E-state index contributed by atoms with van der Waals surface area (Å²) in [7, 11) is 0. The van der Waals surface area contributed by atoms with Gasteiger partial charge in [0.25, 0.3) is 0 Å². The topological polar surface area (TPSA) is 76.4 Å². The number of hydrogen-bond acceptors (Lipinski definition) is 5. The summed E-state index contributed by atoms with van der Waals surface area (Å²) in [5.41, 5.74) is -1.82. The fourth-order valence-corrected chi connectivity index (χ4v) is 2.59. The summed E-state index contributed by atoms with van der Waals surface area (Å²) >= 11 is 5.77. The second kappa shape index (κ2) is 8.87. The highest BCUT2D eigenvalue weighted by molar-refractivity contribution is 6.17. The number of ether oxygens (including phenoxy) is 2. The van der Waals surface area contributed by atoms with E-state index in [9.17, 15) is 14.9 Å². The van der Waals surface area contributed by atoms with E-state index < -0.39 is 23.0 Å². The van der Waals surface area contributed by atoms with Crippen molar-refractivity contribution in [2.24, 2.45) is 0 Å². The molecule has 1 rings (SSSR count). The zero-order valence-electron chi connectivity index (χ0n) is 15.1. The largest absolute Gasteiger partial charge is 0.465 e. The van der Waals surface area contributed by atoms with Gasteiger partial charge in [0.05, 0.1) is 18.2 Å². The van der Waals surface area contributed by atoms with Gasteiger partial charge in [-0.1, -0.05) is 18.2 Å². The first kappa shape index (κ1) is 21.0. The Morgan fingerprint density at radius 3 is 2.40 bits per heavy atom. The van der Waals surface area contributed by atoms with Gasteiger partial charge < -0.3 is 9.47 Å².